The molecule has 0 spiro atoms. The van der Waals surface area contributed by atoms with Gasteiger partial charge in [-0.1, -0.05) is 198 Å². The van der Waals surface area contributed by atoms with Crippen molar-refractivity contribution >= 4 is 273 Å². The molecule has 0 atom stereocenters. The minimum absolute atomic E-state index is 0. The zero-order valence-corrected chi connectivity index (χ0v) is 96.9. The molecule has 0 radical (unpaired) electrons. The first-order chi connectivity index (χ1) is 66.3. The number of halogens is 5. The number of aromatic nitrogens is 8. The number of sulfone groups is 1. The number of pyridine rings is 3. The molecule has 8 heterocycles. The van der Waals surface area contributed by atoms with Crippen LogP contribution in [0.15, 0.2) is 197 Å². The van der Waals surface area contributed by atoms with Crippen LogP contribution < -0.4 is 93.0 Å². The molecular formula is C102H108Br5KN14O16S7. The molecule has 0 aliphatic heterocycles. The Bertz CT molecular complexity index is 7570. The van der Waals surface area contributed by atoms with Crippen molar-refractivity contribution in [1.82, 2.24) is 39.9 Å². The van der Waals surface area contributed by atoms with Gasteiger partial charge in [0.1, 0.15) is 27.7 Å². The fourth-order valence-corrected chi connectivity index (χ4v) is 20.3. The summed E-state index contributed by atoms with van der Waals surface area (Å²) in [7, 11) is -7.89. The summed E-state index contributed by atoms with van der Waals surface area (Å²) in [6.07, 6.45) is 0.0679. The Morgan fingerprint density at radius 3 is 1.16 bits per heavy atom. The van der Waals surface area contributed by atoms with E-state index in [1.54, 1.807) is 162 Å². The Morgan fingerprint density at radius 2 is 0.745 bits per heavy atom. The van der Waals surface area contributed by atoms with Gasteiger partial charge in [-0.15, -0.1) is 56.7 Å². The maximum absolute atomic E-state index is 13.5. The first-order valence-corrected chi connectivity index (χ1v) is 54.3. The molecule has 0 fully saturated rings. The van der Waals surface area contributed by atoms with Gasteiger partial charge in [-0.3, -0.25) is 38.4 Å². The Morgan fingerprint density at radius 1 is 0.400 bits per heavy atom. The monoisotopic (exact) mass is 2440 g/mol. The van der Waals surface area contributed by atoms with E-state index in [1.807, 2.05) is 85.7 Å². The van der Waals surface area contributed by atoms with Gasteiger partial charge in [0.2, 0.25) is 39.4 Å². The summed E-state index contributed by atoms with van der Waals surface area (Å²) in [4.78, 5) is 140. The predicted molar refractivity (Wildman–Crippen MR) is 595 cm³/mol. The van der Waals surface area contributed by atoms with E-state index in [1.165, 1.54) is 82.8 Å². The second-order valence-electron chi connectivity index (χ2n) is 33.3. The van der Waals surface area contributed by atoms with Crippen LogP contribution in [0.2, 0.25) is 0 Å². The summed E-state index contributed by atoms with van der Waals surface area (Å²) in [5.41, 5.74) is 18.7. The number of Topliss-reactive ketones (excluding diaryl/α,β-unsaturated/α-hetero) is 3. The van der Waals surface area contributed by atoms with Gasteiger partial charge < -0.3 is 46.7 Å². The van der Waals surface area contributed by atoms with Gasteiger partial charge in [0.25, 0.3) is 0 Å². The Balaban J connectivity index is 0.000000273. The second-order valence-corrected chi connectivity index (χ2v) is 45.0. The van der Waals surface area contributed by atoms with Crippen LogP contribution in [-0.4, -0.2) is 115 Å². The van der Waals surface area contributed by atoms with Gasteiger partial charge in [-0.05, 0) is 206 Å². The molecule has 0 saturated heterocycles. The van der Waals surface area contributed by atoms with Gasteiger partial charge >= 0.3 is 67.5 Å². The van der Waals surface area contributed by atoms with Crippen molar-refractivity contribution in [3.05, 3.63) is 244 Å². The minimum Gasteiger partial charge on any atom is -0.872 e. The number of nitrogens with one attached hydrogen (secondary N) is 5. The van der Waals surface area contributed by atoms with Crippen LogP contribution >= 0.6 is 136 Å². The Kier molecular flexibility index (Phi) is 46.8. The van der Waals surface area contributed by atoms with Gasteiger partial charge in [-0.25, -0.2) is 53.1 Å². The van der Waals surface area contributed by atoms with E-state index < -0.39 is 25.9 Å². The maximum Gasteiger partial charge on any atom is 1.00 e. The van der Waals surface area contributed by atoms with Crippen molar-refractivity contribution < 1.29 is 126 Å². The molecule has 30 nitrogen and oxygen atoms in total. The van der Waals surface area contributed by atoms with E-state index in [0.29, 0.717) is 115 Å². The smallest absolute Gasteiger partial charge is 0.872 e. The standard InChI is InChI=1S/C24H22BrN3O4S2.C23H20BrN3O3S2.C18H19BrN2O3S.C17H16BrN3O2S.C9H10BrNO.C8H10N2O3S.3CH4.K/c1-13(2)23(29)28-24-27-19(12-33-24)18-11-20(17-10-7-15(4)21(25)22(17)26-18)32-34(30,31)16-8-5-14(3)6-9-16;1-13(2)22(28)27-23-26-18(12-31-23)17-11-19(32(29,30)15-7-5-4-6-8-15)16-10-9-14(3)20(24)21(16)25-17;1-9(2)17(24)21-18-20-14(8-25-18)15(23)7-13-12(11(4)22)6-5-10(3)16(13)19;1-8(2)16(23)21-17-20-12(7-24-17)11-6-13(22)10-5-4-9(3)14(18)15(10)19-11;1-5-3-4-7(6(2)12)9(11)8(5)10;1-4(2)6(11)10-8-9-5(3-14-8)7(12)13;;;;/h5-13H,1-4H3,(H,27,28,29);4-13H,1-3H3,(H,26,27,28);5-6,8-9H,7H2,1-4H3,(H,20,21,24);4-8H,1-3H3,(H,19,22)(H,20,21,23);3-4H,11H2,1-2H3;3-4H,1-2H3,(H,12,13)(H,9,10,11);3*1H4;/q;;;;;;;;;+1/p-1. The summed E-state index contributed by atoms with van der Waals surface area (Å²) < 4.78 is 62.6. The van der Waals surface area contributed by atoms with Crippen molar-refractivity contribution in [1.29, 1.82) is 0 Å². The zero-order valence-electron chi connectivity index (χ0n) is 80.2. The summed E-state index contributed by atoms with van der Waals surface area (Å²) >= 11 is 23.6. The van der Waals surface area contributed by atoms with E-state index in [4.69, 9.17) is 25.0 Å². The third kappa shape index (κ3) is 32.3. The molecule has 15 aromatic rings. The normalized spacial score (nSPS) is 10.9. The number of aromatic carboxylic acids is 1. The van der Waals surface area contributed by atoms with Crippen LogP contribution in [0.3, 0.4) is 0 Å². The fraction of sp³-hybridized carbons (Fsp3) is 0.265. The number of nitrogens with zero attached hydrogens (tertiary/aromatic N) is 8. The van der Waals surface area contributed by atoms with Crippen molar-refractivity contribution in [2.45, 2.75) is 168 Å². The number of carbonyl (C=O) groups is 9. The summed E-state index contributed by atoms with van der Waals surface area (Å²) in [5.74, 6) is -2.82. The number of hydrogen-bond donors (Lipinski definition) is 7. The molecule has 145 heavy (non-hydrogen) atoms. The number of fused-ring (bicyclic) bond motifs is 3. The third-order valence-electron chi connectivity index (χ3n) is 20.6. The quantitative estimate of drug-likeness (QED) is 0.0128. The molecule has 0 saturated carbocycles. The minimum atomic E-state index is -4.08. The van der Waals surface area contributed by atoms with E-state index in [0.717, 1.165) is 67.1 Å². The molecule has 0 bridgehead atoms. The van der Waals surface area contributed by atoms with Gasteiger partial charge in [0.15, 0.2) is 54.5 Å². The summed E-state index contributed by atoms with van der Waals surface area (Å²) in [5, 5.41) is 46.5. The first kappa shape index (κ1) is 124. The number of thiazole rings is 5. The number of nitrogen functional groups attached to an aromatic ring is 1. The number of benzene rings is 7. The number of carboxylic acids is 1. The largest absolute Gasteiger partial charge is 1.00 e. The van der Waals surface area contributed by atoms with Crippen LogP contribution in [0.4, 0.5) is 31.3 Å². The zero-order chi connectivity index (χ0) is 104. The molecule has 0 aliphatic carbocycles. The number of rotatable bonds is 24. The molecule has 5 amide bonds. The molecular weight excluding hydrogens is 2340 g/mol. The molecule has 15 rings (SSSR count). The number of aryl methyl sites for hydroxylation is 6. The Hall–Kier alpha value is -9.91. The van der Waals surface area contributed by atoms with Crippen molar-refractivity contribution in [2.24, 2.45) is 29.6 Å². The number of amides is 5. The van der Waals surface area contributed by atoms with Crippen LogP contribution in [-0.2, 0) is 50.3 Å². The molecule has 760 valence electrons. The molecule has 8 aromatic heterocycles. The first-order valence-electron chi connectivity index (χ1n) is 43.1. The molecule has 7 aromatic carbocycles. The molecule has 0 aliphatic rings. The van der Waals surface area contributed by atoms with E-state index in [-0.39, 0.29) is 194 Å². The van der Waals surface area contributed by atoms with Crippen LogP contribution in [0.1, 0.15) is 186 Å². The topological polar surface area (TPSA) is 464 Å². The average Bonchev–Trinajstić information content (AvgIpc) is 1.54. The second kappa shape index (κ2) is 54.8. The van der Waals surface area contributed by atoms with Crippen molar-refractivity contribution in [3.8, 4) is 45.7 Å². The van der Waals surface area contributed by atoms with E-state index in [2.05, 4.69) is 136 Å². The summed E-state index contributed by atoms with van der Waals surface area (Å²) in [6.45, 7) is 32.4. The van der Waals surface area contributed by atoms with Crippen molar-refractivity contribution in [3.63, 3.8) is 0 Å². The molecule has 0 unspecified atom stereocenters. The van der Waals surface area contributed by atoms with Crippen LogP contribution in [0.25, 0.3) is 66.9 Å². The number of hydrogen-bond acceptors (Lipinski definition) is 29. The third-order valence-corrected chi connectivity index (χ3v) is 32.6. The maximum atomic E-state index is 13.5. The number of ketones is 3. The van der Waals surface area contributed by atoms with Gasteiger partial charge in [0.05, 0.1) is 49.1 Å². The van der Waals surface area contributed by atoms with E-state index >= 15 is 0 Å². The van der Waals surface area contributed by atoms with Gasteiger partial charge in [0, 0.05) is 113 Å². The number of nitrogens with two attached hydrogens (primary N) is 1. The average molecular weight is 2450 g/mol. The van der Waals surface area contributed by atoms with Crippen LogP contribution in [0, 0.1) is 71.1 Å². The number of carboxylic acid groups (broad SMARTS) is 1. The SMILES string of the molecule is C.C.C.CC(=O)c1ccc(C)c(Br)c1CC(=O)c1csc(NC(=O)C(C)C)n1.CC(=O)c1ccc(C)c(Br)c1N.CC(C)C(=O)Nc1nc(C(=O)O)cs1.Cc1ccc(S(=O)(=O)Oc2cc(-c3csc(NC(=O)C(C)C)n3)nc3c(Br)c(C)ccc23)cc1.Cc1ccc2c(S(=O)(=O)c3ccccc3)cc(-c3csc(NC(=O)C(C)C)n3)nc2c1Br.Cc1ccc2c([O-])cc(-c3csc(NC(=O)C(C)C)n3)nc2c1Br.[K+]. The number of carbonyl (C=O) groups excluding carboxylic acids is 8. The van der Waals surface area contributed by atoms with E-state index in [9.17, 15) is 65.1 Å². The van der Waals surface area contributed by atoms with Crippen LogP contribution in [0.5, 0.6) is 11.5 Å². The van der Waals surface area contributed by atoms with Gasteiger partial charge in [-0.2, -0.15) is 8.42 Å². The number of anilines is 6. The molecule has 8 N–H and O–H groups in total. The molecule has 43 heteroatoms. The Labute approximate surface area is 947 Å². The predicted octanol–water partition coefficient (Wildman–Crippen LogP) is 23.4. The summed E-state index contributed by atoms with van der Waals surface area (Å²) in [6, 6.07) is 37.5. The fourth-order valence-electron chi connectivity index (χ4n) is 12.3. The van der Waals surface area contributed by atoms with Crippen molar-refractivity contribution in [2.75, 3.05) is 32.3 Å².